The fraction of sp³-hybridized carbons (Fsp3) is 0.696. The minimum Gasteiger partial charge on any atom is -0.455 e. The van der Waals surface area contributed by atoms with E-state index in [1.165, 1.54) is 12.1 Å². The van der Waals surface area contributed by atoms with Crippen molar-refractivity contribution in [1.82, 2.24) is 0 Å². The molecule has 0 radical (unpaired) electrons. The predicted molar refractivity (Wildman–Crippen MR) is 107 cm³/mol. The van der Waals surface area contributed by atoms with Crippen LogP contribution >= 0.6 is 0 Å². The van der Waals surface area contributed by atoms with Crippen molar-refractivity contribution in [3.63, 3.8) is 0 Å². The third-order valence-corrected chi connectivity index (χ3v) is 6.49. The molecule has 1 aromatic rings. The van der Waals surface area contributed by atoms with E-state index in [0.29, 0.717) is 5.92 Å². The van der Waals surface area contributed by atoms with Gasteiger partial charge in [-0.15, -0.1) is 0 Å². The number of rotatable bonds is 11. The molecule has 0 heterocycles. The van der Waals surface area contributed by atoms with Gasteiger partial charge in [-0.2, -0.15) is 43.9 Å². The highest BCUT2D eigenvalue weighted by atomic mass is 19.4. The van der Waals surface area contributed by atoms with Crippen LogP contribution in [0.25, 0.3) is 0 Å². The van der Waals surface area contributed by atoms with Crippen LogP contribution in [-0.2, 0) is 4.74 Å². The number of ether oxygens (including phenoxy) is 1. The van der Waals surface area contributed by atoms with Crippen LogP contribution in [0.4, 0.5) is 52.7 Å². The summed E-state index contributed by atoms with van der Waals surface area (Å²) in [6.07, 6.45) is 0.263. The van der Waals surface area contributed by atoms with Gasteiger partial charge in [0.1, 0.15) is 0 Å². The van der Waals surface area contributed by atoms with Crippen molar-refractivity contribution in [3.05, 3.63) is 35.4 Å². The lowest BCUT2D eigenvalue weighted by atomic mass is 9.77. The fourth-order valence-electron chi connectivity index (χ4n) is 4.19. The molecule has 0 aromatic heterocycles. The Morgan fingerprint density at radius 2 is 1.35 bits per heavy atom. The van der Waals surface area contributed by atoms with Gasteiger partial charge in [-0.1, -0.05) is 31.9 Å². The summed E-state index contributed by atoms with van der Waals surface area (Å²) in [6.45, 7) is -0.846. The number of hydrogen-bond donors (Lipinski definition) is 0. The highest BCUT2D eigenvalue weighted by Crippen LogP contribution is 2.58. The lowest BCUT2D eigenvalue weighted by molar-refractivity contribution is -0.414. The topological polar surface area (TPSA) is 26.3 Å². The smallest absolute Gasteiger partial charge is 0.384 e. The predicted octanol–water partition coefficient (Wildman–Crippen LogP) is 8.36. The minimum absolute atomic E-state index is 0.150. The summed E-state index contributed by atoms with van der Waals surface area (Å²) < 4.78 is 162. The van der Waals surface area contributed by atoms with Crippen molar-refractivity contribution in [2.24, 2.45) is 5.92 Å². The Balaban J connectivity index is 2.09. The number of benzene rings is 1. The van der Waals surface area contributed by atoms with Crippen LogP contribution in [0.2, 0.25) is 0 Å². The first kappa shape index (κ1) is 31.1. The van der Waals surface area contributed by atoms with E-state index in [1.807, 2.05) is 0 Å². The molecule has 0 N–H and O–H groups in total. The van der Waals surface area contributed by atoms with Crippen molar-refractivity contribution in [3.8, 4) is 0 Å². The van der Waals surface area contributed by atoms with E-state index in [1.54, 1.807) is 0 Å². The molecule has 1 aromatic carbocycles. The zero-order valence-corrected chi connectivity index (χ0v) is 19.3. The zero-order valence-electron chi connectivity index (χ0n) is 19.3. The molecule has 0 saturated heterocycles. The van der Waals surface area contributed by atoms with Crippen molar-refractivity contribution in [2.75, 3.05) is 6.61 Å². The lowest BCUT2D eigenvalue weighted by Gasteiger charge is -2.38. The maximum Gasteiger partial charge on any atom is 0.384 e. The Bertz CT molecular complexity index is 907. The van der Waals surface area contributed by atoms with Gasteiger partial charge in [0.15, 0.2) is 6.61 Å². The van der Waals surface area contributed by atoms with Crippen molar-refractivity contribution in [1.29, 1.82) is 0 Å². The third-order valence-electron chi connectivity index (χ3n) is 6.49. The molecule has 1 aliphatic rings. The fourth-order valence-corrected chi connectivity index (χ4v) is 4.19. The molecule has 0 spiro atoms. The number of esters is 1. The minimum atomic E-state index is -7.66. The summed E-state index contributed by atoms with van der Waals surface area (Å²) in [4.78, 5) is 12.0. The zero-order chi connectivity index (χ0) is 28.4. The quantitative estimate of drug-likeness (QED) is 0.201. The molecule has 0 aliphatic heterocycles. The Hall–Kier alpha value is -2.15. The van der Waals surface area contributed by atoms with Gasteiger partial charge < -0.3 is 4.74 Å². The average molecular weight is 560 g/mol. The van der Waals surface area contributed by atoms with Crippen LogP contribution in [0, 0.1) is 5.92 Å². The molecule has 0 bridgehead atoms. The van der Waals surface area contributed by atoms with E-state index in [-0.39, 0.29) is 5.92 Å². The largest absolute Gasteiger partial charge is 0.455 e. The van der Waals surface area contributed by atoms with E-state index in [9.17, 15) is 57.5 Å². The molecule has 37 heavy (non-hydrogen) atoms. The summed E-state index contributed by atoms with van der Waals surface area (Å²) in [5, 5.41) is 0. The van der Waals surface area contributed by atoms with Crippen LogP contribution in [-0.4, -0.2) is 48.6 Å². The first-order chi connectivity index (χ1) is 16.8. The van der Waals surface area contributed by atoms with E-state index in [0.717, 1.165) is 56.2 Å². The molecule has 0 amide bonds. The highest BCUT2D eigenvalue weighted by molar-refractivity contribution is 5.89. The molecular formula is C23H24F12O2. The lowest BCUT2D eigenvalue weighted by Crippen LogP contribution is -2.69. The molecule has 1 saturated carbocycles. The van der Waals surface area contributed by atoms with Crippen LogP contribution in [0.3, 0.4) is 0 Å². The van der Waals surface area contributed by atoms with Crippen molar-refractivity contribution in [2.45, 2.75) is 87.4 Å². The van der Waals surface area contributed by atoms with Crippen LogP contribution in [0.15, 0.2) is 24.3 Å². The number of carbonyl (C=O) groups is 1. The van der Waals surface area contributed by atoms with Gasteiger partial charge in [-0.05, 0) is 55.2 Å². The molecule has 0 atom stereocenters. The molecule has 14 heteroatoms. The van der Waals surface area contributed by atoms with Gasteiger partial charge in [0.25, 0.3) is 0 Å². The molecule has 1 fully saturated rings. The SMILES string of the molecule is CCCC1CCC(c2ccc(C(=O)OCC(F)(F)C(F)(F)C(F)(F)C(F)(F)C(F)(F)C(F)F)cc2)CC1. The maximum atomic E-state index is 13.8. The molecule has 2 rings (SSSR count). The maximum absolute atomic E-state index is 13.8. The normalized spacial score (nSPS) is 20.3. The molecule has 2 nitrogen and oxygen atoms in total. The number of halogens is 12. The third kappa shape index (κ3) is 5.81. The van der Waals surface area contributed by atoms with E-state index >= 15 is 0 Å². The standard InChI is InChI=1S/C23H24F12O2/c1-2-3-13-4-6-14(7-5-13)15-8-10-16(11-9-15)17(36)37-12-19(26,27)21(30,31)23(34,35)22(32,33)20(28,29)18(24)25/h8-11,13-14,18H,2-7,12H2,1H3. The van der Waals surface area contributed by atoms with Gasteiger partial charge in [0.2, 0.25) is 0 Å². The highest BCUT2D eigenvalue weighted by Gasteiger charge is 2.87. The second kappa shape index (κ2) is 10.9. The first-order valence-electron chi connectivity index (χ1n) is 11.3. The summed E-state index contributed by atoms with van der Waals surface area (Å²) in [7, 11) is 0. The number of hydrogen-bond acceptors (Lipinski definition) is 2. The first-order valence-corrected chi connectivity index (χ1v) is 11.3. The summed E-state index contributed by atoms with van der Waals surface area (Å²) in [5.41, 5.74) is 0.328. The van der Waals surface area contributed by atoms with E-state index in [2.05, 4.69) is 11.7 Å². The van der Waals surface area contributed by atoms with Crippen LogP contribution in [0.1, 0.15) is 67.3 Å². The molecule has 0 unspecified atom stereocenters. The van der Waals surface area contributed by atoms with Crippen molar-refractivity contribution >= 4 is 5.97 Å². The van der Waals surface area contributed by atoms with Gasteiger partial charge in [-0.25, -0.2) is 13.6 Å². The number of alkyl halides is 12. The van der Waals surface area contributed by atoms with Gasteiger partial charge in [0.05, 0.1) is 5.56 Å². The number of carbonyl (C=O) groups excluding carboxylic acids is 1. The Morgan fingerprint density at radius 3 is 1.81 bits per heavy atom. The summed E-state index contributed by atoms with van der Waals surface area (Å²) in [6, 6.07) is 5.10. The second-order valence-electron chi connectivity index (χ2n) is 9.06. The Kier molecular flexibility index (Phi) is 9.17. The molecule has 212 valence electrons. The van der Waals surface area contributed by atoms with Gasteiger partial charge in [0, 0.05) is 0 Å². The molecule has 1 aliphatic carbocycles. The Morgan fingerprint density at radius 1 is 0.838 bits per heavy atom. The van der Waals surface area contributed by atoms with Gasteiger partial charge >= 0.3 is 42.0 Å². The van der Waals surface area contributed by atoms with E-state index < -0.39 is 54.2 Å². The summed E-state index contributed by atoms with van der Waals surface area (Å²) in [5.74, 6) is -37.0. The monoisotopic (exact) mass is 560 g/mol. The van der Waals surface area contributed by atoms with Crippen LogP contribution < -0.4 is 0 Å². The second-order valence-corrected chi connectivity index (χ2v) is 9.06. The van der Waals surface area contributed by atoms with Crippen molar-refractivity contribution < 1.29 is 62.2 Å². The Labute approximate surface area is 204 Å². The van der Waals surface area contributed by atoms with Gasteiger partial charge in [-0.3, -0.25) is 0 Å². The molecular weight excluding hydrogens is 536 g/mol. The van der Waals surface area contributed by atoms with E-state index in [4.69, 9.17) is 0 Å². The summed E-state index contributed by atoms with van der Waals surface area (Å²) >= 11 is 0. The van der Waals surface area contributed by atoms with Crippen LogP contribution in [0.5, 0.6) is 0 Å². The average Bonchev–Trinajstić information content (AvgIpc) is 2.82.